The second-order valence-electron chi connectivity index (χ2n) is 6.40. The van der Waals surface area contributed by atoms with Gasteiger partial charge in [0.2, 0.25) is 5.91 Å². The monoisotopic (exact) mass is 380 g/mol. The molecule has 2 rings (SSSR count). The molecule has 1 heterocycles. The molecule has 0 bridgehead atoms. The van der Waals surface area contributed by atoms with Crippen LogP contribution in [0.25, 0.3) is 0 Å². The predicted molar refractivity (Wildman–Crippen MR) is 113 cm³/mol. The fraction of sp³-hybridized carbons (Fsp3) is 0.381. The molecule has 7 heteroatoms. The minimum absolute atomic E-state index is 0.0209. The topological polar surface area (TPSA) is 83.3 Å². The first-order valence-electron chi connectivity index (χ1n) is 9.41. The van der Waals surface area contributed by atoms with Crippen LogP contribution in [0.5, 0.6) is 0 Å². The van der Waals surface area contributed by atoms with E-state index in [1.807, 2.05) is 30.7 Å². The molecule has 1 aromatic carbocycles. The number of hydrogen-bond donors (Lipinski definition) is 3. The summed E-state index contributed by atoms with van der Waals surface area (Å²) >= 11 is 0. The summed E-state index contributed by atoms with van der Waals surface area (Å²) in [6.07, 6.45) is 6.28. The van der Waals surface area contributed by atoms with Crippen LogP contribution >= 0.6 is 0 Å². The van der Waals surface area contributed by atoms with Gasteiger partial charge in [-0.3, -0.25) is 9.48 Å². The quantitative estimate of drug-likeness (QED) is 0.283. The first-order chi connectivity index (χ1) is 13.5. The summed E-state index contributed by atoms with van der Waals surface area (Å²) in [6, 6.07) is 9.24. The van der Waals surface area contributed by atoms with E-state index in [2.05, 4.69) is 45.0 Å². The molecule has 0 saturated heterocycles. The zero-order chi connectivity index (χ0) is 20.4. The van der Waals surface area contributed by atoms with Gasteiger partial charge in [-0.05, 0) is 51.5 Å². The molecule has 0 spiro atoms. The molecule has 148 valence electrons. The van der Waals surface area contributed by atoms with Gasteiger partial charge in [0.15, 0.2) is 5.96 Å². The number of aliphatic imine (C=N–C) groups is 1. The smallest absolute Gasteiger partial charge is 0.246 e. The highest BCUT2D eigenvalue weighted by Crippen LogP contribution is 2.09. The predicted octanol–water partition coefficient (Wildman–Crippen LogP) is 2.07. The maximum atomic E-state index is 12.1. The molecule has 0 aliphatic rings. The summed E-state index contributed by atoms with van der Waals surface area (Å²) in [5, 5.41) is 13.6. The van der Waals surface area contributed by atoms with Crippen LogP contribution in [0.15, 0.2) is 35.3 Å². The van der Waals surface area contributed by atoms with Crippen LogP contribution in [0, 0.1) is 26.2 Å². The first kappa shape index (κ1) is 21.0. The third-order valence-electron chi connectivity index (χ3n) is 3.98. The SMILES string of the molecule is C#Cc1cccc(NC(=O)CN=C(NCC)NCCCn2nc(C)cc2C)c1. The van der Waals surface area contributed by atoms with Gasteiger partial charge in [-0.1, -0.05) is 12.0 Å². The average molecular weight is 380 g/mol. The number of nitrogens with one attached hydrogen (secondary N) is 3. The molecular formula is C21H28N6O. The number of nitrogens with zero attached hydrogens (tertiary/aromatic N) is 3. The molecule has 0 saturated carbocycles. The fourth-order valence-corrected chi connectivity index (χ4v) is 2.72. The van der Waals surface area contributed by atoms with Crippen LogP contribution in [0.2, 0.25) is 0 Å². The molecule has 3 N–H and O–H groups in total. The summed E-state index contributed by atoms with van der Waals surface area (Å²) < 4.78 is 2.00. The molecule has 0 unspecified atom stereocenters. The van der Waals surface area contributed by atoms with E-state index in [4.69, 9.17) is 6.42 Å². The highest BCUT2D eigenvalue weighted by Gasteiger charge is 2.04. The lowest BCUT2D eigenvalue weighted by atomic mass is 10.2. The van der Waals surface area contributed by atoms with Crippen LogP contribution in [-0.2, 0) is 11.3 Å². The van der Waals surface area contributed by atoms with Crippen molar-refractivity contribution in [1.29, 1.82) is 0 Å². The van der Waals surface area contributed by atoms with Gasteiger partial charge < -0.3 is 16.0 Å². The Morgan fingerprint density at radius 1 is 1.29 bits per heavy atom. The number of aryl methyl sites for hydroxylation is 3. The average Bonchev–Trinajstić information content (AvgIpc) is 3.00. The van der Waals surface area contributed by atoms with E-state index >= 15 is 0 Å². The molecule has 0 atom stereocenters. The van der Waals surface area contributed by atoms with Crippen molar-refractivity contribution >= 4 is 17.6 Å². The van der Waals surface area contributed by atoms with E-state index in [1.54, 1.807) is 12.1 Å². The third kappa shape index (κ3) is 6.80. The van der Waals surface area contributed by atoms with Crippen molar-refractivity contribution in [3.05, 3.63) is 47.3 Å². The second kappa shape index (κ2) is 10.8. The highest BCUT2D eigenvalue weighted by molar-refractivity contribution is 5.94. The Morgan fingerprint density at radius 2 is 2.11 bits per heavy atom. The van der Waals surface area contributed by atoms with Gasteiger partial charge in [-0.2, -0.15) is 5.10 Å². The van der Waals surface area contributed by atoms with Crippen LogP contribution in [0.4, 0.5) is 5.69 Å². The van der Waals surface area contributed by atoms with Crippen LogP contribution in [0.1, 0.15) is 30.3 Å². The number of terminal acetylenes is 1. The van der Waals surface area contributed by atoms with E-state index in [1.165, 1.54) is 0 Å². The second-order valence-corrected chi connectivity index (χ2v) is 6.40. The normalized spacial score (nSPS) is 11.0. The Bertz CT molecular complexity index is 862. The lowest BCUT2D eigenvalue weighted by Gasteiger charge is -2.12. The van der Waals surface area contributed by atoms with Gasteiger partial charge in [0.05, 0.1) is 5.69 Å². The van der Waals surface area contributed by atoms with Crippen molar-refractivity contribution < 1.29 is 4.79 Å². The van der Waals surface area contributed by atoms with E-state index < -0.39 is 0 Å². The Morgan fingerprint density at radius 3 is 2.79 bits per heavy atom. The molecular weight excluding hydrogens is 352 g/mol. The number of carbonyl (C=O) groups excluding carboxylic acids is 1. The number of hydrogen-bond acceptors (Lipinski definition) is 3. The summed E-state index contributed by atoms with van der Waals surface area (Å²) in [6.45, 7) is 8.33. The molecule has 0 aliphatic heterocycles. The summed E-state index contributed by atoms with van der Waals surface area (Å²) in [4.78, 5) is 16.5. The standard InChI is InChI=1S/C21H28N6O/c1-5-18-9-7-10-19(14-18)25-20(28)15-24-21(22-6-2)23-11-8-12-27-17(4)13-16(3)26-27/h1,7,9-10,13-14H,6,8,11-12,15H2,2-4H3,(H,25,28)(H2,22,23,24). The number of anilines is 1. The molecule has 7 nitrogen and oxygen atoms in total. The van der Waals surface area contributed by atoms with E-state index in [-0.39, 0.29) is 12.5 Å². The molecule has 1 amide bonds. The number of aromatic nitrogens is 2. The molecule has 2 aromatic rings. The number of amides is 1. The zero-order valence-corrected chi connectivity index (χ0v) is 16.7. The maximum absolute atomic E-state index is 12.1. The van der Waals surface area contributed by atoms with Crippen LogP contribution < -0.4 is 16.0 Å². The lowest BCUT2D eigenvalue weighted by Crippen LogP contribution is -2.38. The van der Waals surface area contributed by atoms with Crippen molar-refractivity contribution in [2.24, 2.45) is 4.99 Å². The number of benzene rings is 1. The highest BCUT2D eigenvalue weighted by atomic mass is 16.1. The van der Waals surface area contributed by atoms with Gasteiger partial charge >= 0.3 is 0 Å². The van der Waals surface area contributed by atoms with Crippen LogP contribution in [0.3, 0.4) is 0 Å². The molecule has 28 heavy (non-hydrogen) atoms. The molecule has 0 radical (unpaired) electrons. The maximum Gasteiger partial charge on any atom is 0.246 e. The Kier molecular flexibility index (Phi) is 8.10. The Labute approximate surface area is 166 Å². The third-order valence-corrected chi connectivity index (χ3v) is 3.98. The van der Waals surface area contributed by atoms with E-state index in [0.29, 0.717) is 11.6 Å². The van der Waals surface area contributed by atoms with Gasteiger partial charge in [-0.15, -0.1) is 6.42 Å². The number of carbonyl (C=O) groups is 1. The van der Waals surface area contributed by atoms with Crippen molar-refractivity contribution in [2.45, 2.75) is 33.7 Å². The van der Waals surface area contributed by atoms with Crippen molar-refractivity contribution in [1.82, 2.24) is 20.4 Å². The van der Waals surface area contributed by atoms with Gasteiger partial charge in [-0.25, -0.2) is 4.99 Å². The van der Waals surface area contributed by atoms with Gasteiger partial charge in [0.25, 0.3) is 0 Å². The lowest BCUT2D eigenvalue weighted by molar-refractivity contribution is -0.114. The first-order valence-corrected chi connectivity index (χ1v) is 9.41. The Hall–Kier alpha value is -3.27. The fourth-order valence-electron chi connectivity index (χ4n) is 2.72. The number of rotatable bonds is 8. The Balaban J connectivity index is 1.81. The van der Waals surface area contributed by atoms with E-state index in [9.17, 15) is 4.79 Å². The molecule has 0 fully saturated rings. The number of guanidine groups is 1. The largest absolute Gasteiger partial charge is 0.357 e. The molecule has 1 aromatic heterocycles. The van der Waals surface area contributed by atoms with Crippen molar-refractivity contribution in [2.75, 3.05) is 25.0 Å². The zero-order valence-electron chi connectivity index (χ0n) is 16.7. The molecule has 0 aliphatic carbocycles. The van der Waals surface area contributed by atoms with E-state index in [0.717, 1.165) is 43.0 Å². The van der Waals surface area contributed by atoms with Gasteiger partial charge in [0.1, 0.15) is 6.54 Å². The minimum atomic E-state index is -0.200. The van der Waals surface area contributed by atoms with Gasteiger partial charge in [0, 0.05) is 36.6 Å². The summed E-state index contributed by atoms with van der Waals surface area (Å²) in [5.74, 6) is 2.96. The summed E-state index contributed by atoms with van der Waals surface area (Å²) in [7, 11) is 0. The van der Waals surface area contributed by atoms with Crippen LogP contribution in [-0.4, -0.2) is 41.3 Å². The van der Waals surface area contributed by atoms with Crippen molar-refractivity contribution in [3.8, 4) is 12.3 Å². The van der Waals surface area contributed by atoms with Crippen molar-refractivity contribution in [3.63, 3.8) is 0 Å². The minimum Gasteiger partial charge on any atom is -0.357 e. The summed E-state index contributed by atoms with van der Waals surface area (Å²) in [5.41, 5.74) is 3.57.